The third kappa shape index (κ3) is 8.15. The molecule has 2 aliphatic heterocycles. The number of nitrogens with zero attached hydrogens (tertiary/aromatic N) is 2. The van der Waals surface area contributed by atoms with E-state index in [0.717, 1.165) is 57.7 Å². The first kappa shape index (κ1) is 27.9. The number of carbonyl (C=O) groups is 3. The van der Waals surface area contributed by atoms with Gasteiger partial charge in [-0.1, -0.05) is 66.7 Å². The molecule has 204 valence electrons. The Kier molecular flexibility index (Phi) is 9.69. The largest absolute Gasteiger partial charge is 0.489 e. The third-order valence-corrected chi connectivity index (χ3v) is 7.12. The van der Waals surface area contributed by atoms with E-state index in [-0.39, 0.29) is 5.92 Å². The maximum absolute atomic E-state index is 13.2. The molecular formula is C31H34N2O6. The summed E-state index contributed by atoms with van der Waals surface area (Å²) in [7, 11) is 0. The van der Waals surface area contributed by atoms with Crippen molar-refractivity contribution in [1.29, 1.82) is 0 Å². The fourth-order valence-corrected chi connectivity index (χ4v) is 5.01. The lowest BCUT2D eigenvalue weighted by atomic mass is 9.93. The number of aliphatic carboxylic acids is 2. The van der Waals surface area contributed by atoms with Gasteiger partial charge in [0, 0.05) is 25.6 Å². The number of amides is 1. The van der Waals surface area contributed by atoms with Gasteiger partial charge in [0.1, 0.15) is 12.4 Å². The maximum Gasteiger partial charge on any atom is 0.414 e. The van der Waals surface area contributed by atoms with E-state index < -0.39 is 11.9 Å². The molecule has 0 spiro atoms. The van der Waals surface area contributed by atoms with E-state index in [1.54, 1.807) is 0 Å². The Morgan fingerprint density at radius 3 is 2.10 bits per heavy atom. The van der Waals surface area contributed by atoms with Gasteiger partial charge in [-0.25, -0.2) is 9.59 Å². The quantitative estimate of drug-likeness (QED) is 0.460. The third-order valence-electron chi connectivity index (χ3n) is 7.12. The summed E-state index contributed by atoms with van der Waals surface area (Å²) in [5, 5.41) is 14.8. The van der Waals surface area contributed by atoms with Crippen molar-refractivity contribution in [3.8, 4) is 5.75 Å². The number of carboxylic acids is 2. The number of piperidine rings is 1. The number of carbonyl (C=O) groups excluding carboxylic acids is 1. The van der Waals surface area contributed by atoms with Gasteiger partial charge < -0.3 is 19.8 Å². The summed E-state index contributed by atoms with van der Waals surface area (Å²) in [4.78, 5) is 35.9. The number of hydrogen-bond acceptors (Lipinski definition) is 5. The van der Waals surface area contributed by atoms with Gasteiger partial charge >= 0.3 is 11.9 Å². The molecule has 0 radical (unpaired) electrons. The summed E-state index contributed by atoms with van der Waals surface area (Å²) in [6.45, 7) is 5.04. The van der Waals surface area contributed by atoms with Crippen LogP contribution in [-0.2, 0) is 40.5 Å². The van der Waals surface area contributed by atoms with Crippen LogP contribution in [0.15, 0.2) is 78.9 Å². The Hall–Kier alpha value is -4.17. The Labute approximate surface area is 228 Å². The van der Waals surface area contributed by atoms with Crippen molar-refractivity contribution >= 4 is 17.8 Å². The second-order valence-corrected chi connectivity index (χ2v) is 9.86. The van der Waals surface area contributed by atoms with Crippen molar-refractivity contribution in [2.24, 2.45) is 5.92 Å². The van der Waals surface area contributed by atoms with Crippen molar-refractivity contribution in [2.75, 3.05) is 19.6 Å². The minimum absolute atomic E-state index is 0.159. The summed E-state index contributed by atoms with van der Waals surface area (Å²) >= 11 is 0. The first-order valence-electron chi connectivity index (χ1n) is 13.2. The van der Waals surface area contributed by atoms with Gasteiger partial charge in [-0.2, -0.15) is 0 Å². The van der Waals surface area contributed by atoms with E-state index in [4.69, 9.17) is 24.5 Å². The zero-order chi connectivity index (χ0) is 27.6. The molecule has 8 heteroatoms. The second kappa shape index (κ2) is 13.6. The molecule has 0 atom stereocenters. The van der Waals surface area contributed by atoms with Crippen molar-refractivity contribution in [3.05, 3.63) is 101 Å². The number of benzene rings is 3. The van der Waals surface area contributed by atoms with Crippen molar-refractivity contribution in [2.45, 2.75) is 39.0 Å². The van der Waals surface area contributed by atoms with Crippen LogP contribution in [0.25, 0.3) is 0 Å². The molecule has 3 aromatic carbocycles. The number of fused-ring (bicyclic) bond motifs is 1. The van der Waals surface area contributed by atoms with E-state index in [9.17, 15) is 4.79 Å². The average Bonchev–Trinajstić information content (AvgIpc) is 2.97. The Bertz CT molecular complexity index is 1260. The highest BCUT2D eigenvalue weighted by Gasteiger charge is 2.30. The summed E-state index contributed by atoms with van der Waals surface area (Å²) in [6.07, 6.45) is 2.87. The second-order valence-electron chi connectivity index (χ2n) is 9.86. The Balaban J connectivity index is 0.000000531. The Morgan fingerprint density at radius 2 is 1.41 bits per heavy atom. The van der Waals surface area contributed by atoms with Crippen molar-refractivity contribution in [3.63, 3.8) is 0 Å². The monoisotopic (exact) mass is 530 g/mol. The molecule has 0 saturated carbocycles. The molecule has 1 saturated heterocycles. The predicted molar refractivity (Wildman–Crippen MR) is 146 cm³/mol. The van der Waals surface area contributed by atoms with Crippen molar-refractivity contribution in [1.82, 2.24) is 9.80 Å². The van der Waals surface area contributed by atoms with E-state index >= 15 is 0 Å². The SMILES string of the molecule is O=C(C1CCN(Cc2cccc(OCc3ccccc3)c2)CC1)N1CCc2ccccc2C1.O=C(O)C(=O)O. The normalized spacial score (nSPS) is 15.4. The van der Waals surface area contributed by atoms with Gasteiger partial charge in [-0.3, -0.25) is 9.69 Å². The zero-order valence-corrected chi connectivity index (χ0v) is 21.9. The molecule has 2 N–H and O–H groups in total. The molecule has 3 aromatic rings. The van der Waals surface area contributed by atoms with Gasteiger partial charge in [-0.05, 0) is 66.7 Å². The lowest BCUT2D eigenvalue weighted by molar-refractivity contribution is -0.159. The van der Waals surface area contributed by atoms with E-state index in [2.05, 4.69) is 64.4 Å². The molecule has 1 fully saturated rings. The lowest BCUT2D eigenvalue weighted by Crippen LogP contribution is -2.44. The first-order valence-corrected chi connectivity index (χ1v) is 13.2. The molecule has 0 bridgehead atoms. The van der Waals surface area contributed by atoms with Gasteiger partial charge in [-0.15, -0.1) is 0 Å². The van der Waals surface area contributed by atoms with Crippen molar-refractivity contribution < 1.29 is 29.3 Å². The van der Waals surface area contributed by atoms with Gasteiger partial charge in [0.25, 0.3) is 0 Å². The van der Waals surface area contributed by atoms with Crippen LogP contribution in [0.5, 0.6) is 5.75 Å². The Morgan fingerprint density at radius 1 is 0.769 bits per heavy atom. The molecule has 0 aliphatic carbocycles. The molecule has 2 heterocycles. The minimum atomic E-state index is -1.82. The van der Waals surface area contributed by atoms with Crippen LogP contribution in [0.1, 0.15) is 35.1 Å². The minimum Gasteiger partial charge on any atom is -0.489 e. The molecule has 5 rings (SSSR count). The van der Waals surface area contributed by atoms with Crippen LogP contribution in [0.2, 0.25) is 0 Å². The number of hydrogen-bond donors (Lipinski definition) is 2. The fraction of sp³-hybridized carbons (Fsp3) is 0.323. The topological polar surface area (TPSA) is 107 Å². The van der Waals surface area contributed by atoms with Gasteiger partial charge in [0.2, 0.25) is 5.91 Å². The van der Waals surface area contributed by atoms with Gasteiger partial charge in [0.05, 0.1) is 0 Å². The van der Waals surface area contributed by atoms with Crippen LogP contribution in [0, 0.1) is 5.92 Å². The van der Waals surface area contributed by atoms with Crippen LogP contribution < -0.4 is 4.74 Å². The zero-order valence-electron chi connectivity index (χ0n) is 21.9. The van der Waals surface area contributed by atoms with E-state index in [1.165, 1.54) is 22.3 Å². The molecule has 2 aliphatic rings. The highest BCUT2D eigenvalue weighted by Crippen LogP contribution is 2.26. The van der Waals surface area contributed by atoms with Crippen LogP contribution >= 0.6 is 0 Å². The van der Waals surface area contributed by atoms with Crippen LogP contribution in [-0.4, -0.2) is 57.5 Å². The number of carboxylic acid groups (broad SMARTS) is 2. The summed E-state index contributed by atoms with van der Waals surface area (Å²) in [6, 6.07) is 27.2. The smallest absolute Gasteiger partial charge is 0.414 e. The maximum atomic E-state index is 13.2. The predicted octanol–water partition coefficient (Wildman–Crippen LogP) is 4.22. The molecule has 1 amide bonds. The number of likely N-dealkylation sites (tertiary alicyclic amines) is 1. The van der Waals surface area contributed by atoms with Gasteiger partial charge in [0.15, 0.2) is 0 Å². The molecule has 0 aromatic heterocycles. The van der Waals surface area contributed by atoms with E-state index in [1.807, 2.05) is 24.3 Å². The number of ether oxygens (including phenoxy) is 1. The fourth-order valence-electron chi connectivity index (χ4n) is 5.01. The highest BCUT2D eigenvalue weighted by molar-refractivity contribution is 6.27. The lowest BCUT2D eigenvalue weighted by Gasteiger charge is -2.36. The molecular weight excluding hydrogens is 496 g/mol. The van der Waals surface area contributed by atoms with Crippen LogP contribution in [0.4, 0.5) is 0 Å². The molecule has 0 unspecified atom stereocenters. The standard InChI is InChI=1S/C29H32N2O2.C2H2O4/c32-29(31-18-15-25-10-4-5-11-27(25)21-31)26-13-16-30(17-14-26)20-24-9-6-12-28(19-24)33-22-23-7-2-1-3-8-23;3-1(4)2(5)6/h1-12,19,26H,13-18,20-22H2;(H,3,4)(H,5,6). The van der Waals surface area contributed by atoms with E-state index in [0.29, 0.717) is 12.5 Å². The molecule has 8 nitrogen and oxygen atoms in total. The highest BCUT2D eigenvalue weighted by atomic mass is 16.5. The summed E-state index contributed by atoms with van der Waals surface area (Å²) in [5.74, 6) is -2.23. The summed E-state index contributed by atoms with van der Waals surface area (Å²) in [5.41, 5.74) is 5.14. The molecule has 39 heavy (non-hydrogen) atoms. The van der Waals surface area contributed by atoms with Crippen LogP contribution in [0.3, 0.4) is 0 Å². The first-order chi connectivity index (χ1) is 18.9. The summed E-state index contributed by atoms with van der Waals surface area (Å²) < 4.78 is 5.99. The average molecular weight is 531 g/mol. The number of rotatable bonds is 6.